The SMILES string of the molecule is c1ccc(CN2CCN[C@@H]3CCCCC32)cc1. The molecule has 2 fully saturated rings. The summed E-state index contributed by atoms with van der Waals surface area (Å²) in [6.07, 6.45) is 5.57. The Morgan fingerprint density at radius 3 is 2.82 bits per heavy atom. The minimum atomic E-state index is 0.751. The first-order valence-corrected chi connectivity index (χ1v) is 6.95. The highest BCUT2D eigenvalue weighted by molar-refractivity contribution is 5.15. The quantitative estimate of drug-likeness (QED) is 0.839. The molecule has 2 atom stereocenters. The van der Waals surface area contributed by atoms with E-state index < -0.39 is 0 Å². The minimum absolute atomic E-state index is 0.751. The molecular formula is C15H22N2. The van der Waals surface area contributed by atoms with E-state index in [4.69, 9.17) is 0 Å². The molecule has 1 aromatic carbocycles. The molecule has 0 radical (unpaired) electrons. The van der Waals surface area contributed by atoms with Gasteiger partial charge in [-0.05, 0) is 18.4 Å². The Morgan fingerprint density at radius 1 is 1.12 bits per heavy atom. The van der Waals surface area contributed by atoms with Crippen LogP contribution in [0.4, 0.5) is 0 Å². The fourth-order valence-electron chi connectivity index (χ4n) is 3.36. The van der Waals surface area contributed by atoms with E-state index in [9.17, 15) is 0 Å². The summed E-state index contributed by atoms with van der Waals surface area (Å²) in [5, 5.41) is 3.70. The third-order valence-electron chi connectivity index (χ3n) is 4.23. The third kappa shape index (κ3) is 2.53. The van der Waals surface area contributed by atoms with E-state index in [1.54, 1.807) is 0 Å². The van der Waals surface area contributed by atoms with Gasteiger partial charge >= 0.3 is 0 Å². The van der Waals surface area contributed by atoms with Crippen molar-refractivity contribution in [3.8, 4) is 0 Å². The van der Waals surface area contributed by atoms with Crippen molar-refractivity contribution in [2.24, 2.45) is 0 Å². The first-order chi connectivity index (χ1) is 8.43. The molecule has 92 valence electrons. The molecule has 1 aliphatic heterocycles. The van der Waals surface area contributed by atoms with Gasteiger partial charge in [0, 0.05) is 31.7 Å². The van der Waals surface area contributed by atoms with Crippen molar-refractivity contribution in [3.63, 3.8) is 0 Å². The molecule has 0 amide bonds. The largest absolute Gasteiger partial charge is 0.311 e. The topological polar surface area (TPSA) is 15.3 Å². The predicted molar refractivity (Wildman–Crippen MR) is 70.9 cm³/mol. The maximum absolute atomic E-state index is 3.70. The number of rotatable bonds is 2. The highest BCUT2D eigenvalue weighted by Crippen LogP contribution is 2.26. The molecule has 17 heavy (non-hydrogen) atoms. The average Bonchev–Trinajstić information content (AvgIpc) is 2.40. The van der Waals surface area contributed by atoms with Crippen molar-refractivity contribution in [2.75, 3.05) is 13.1 Å². The predicted octanol–water partition coefficient (Wildman–Crippen LogP) is 2.40. The van der Waals surface area contributed by atoms with E-state index >= 15 is 0 Å². The number of fused-ring (bicyclic) bond motifs is 1. The summed E-state index contributed by atoms with van der Waals surface area (Å²) in [7, 11) is 0. The van der Waals surface area contributed by atoms with Gasteiger partial charge in [0.25, 0.3) is 0 Å². The van der Waals surface area contributed by atoms with Gasteiger partial charge in [-0.15, -0.1) is 0 Å². The van der Waals surface area contributed by atoms with Crippen LogP contribution < -0.4 is 5.32 Å². The zero-order valence-corrected chi connectivity index (χ0v) is 10.4. The second-order valence-corrected chi connectivity index (χ2v) is 5.37. The number of benzene rings is 1. The first-order valence-electron chi connectivity index (χ1n) is 6.95. The van der Waals surface area contributed by atoms with Gasteiger partial charge in [0.2, 0.25) is 0 Å². The summed E-state index contributed by atoms with van der Waals surface area (Å²) >= 11 is 0. The summed E-state index contributed by atoms with van der Waals surface area (Å²) < 4.78 is 0. The van der Waals surface area contributed by atoms with E-state index in [1.807, 2.05) is 0 Å². The molecule has 2 heteroatoms. The lowest BCUT2D eigenvalue weighted by atomic mass is 9.87. The summed E-state index contributed by atoms with van der Waals surface area (Å²) in [6, 6.07) is 12.4. The maximum atomic E-state index is 3.70. The van der Waals surface area contributed by atoms with Crippen molar-refractivity contribution in [1.29, 1.82) is 0 Å². The lowest BCUT2D eigenvalue weighted by Gasteiger charge is -2.44. The molecule has 2 aliphatic rings. The molecule has 0 bridgehead atoms. The van der Waals surface area contributed by atoms with Crippen LogP contribution in [0.2, 0.25) is 0 Å². The number of hydrogen-bond donors (Lipinski definition) is 1. The van der Waals surface area contributed by atoms with Gasteiger partial charge in [-0.2, -0.15) is 0 Å². The van der Waals surface area contributed by atoms with Gasteiger partial charge in [-0.1, -0.05) is 43.2 Å². The number of piperazine rings is 1. The van der Waals surface area contributed by atoms with Crippen LogP contribution >= 0.6 is 0 Å². The summed E-state index contributed by atoms with van der Waals surface area (Å²) in [5.74, 6) is 0. The minimum Gasteiger partial charge on any atom is -0.311 e. The highest BCUT2D eigenvalue weighted by atomic mass is 15.2. The van der Waals surface area contributed by atoms with Crippen LogP contribution in [0, 0.1) is 0 Å². The van der Waals surface area contributed by atoms with Crippen molar-refractivity contribution in [1.82, 2.24) is 10.2 Å². The van der Waals surface area contributed by atoms with Crippen LogP contribution in [-0.4, -0.2) is 30.1 Å². The molecule has 1 saturated heterocycles. The molecule has 1 saturated carbocycles. The second-order valence-electron chi connectivity index (χ2n) is 5.37. The van der Waals surface area contributed by atoms with Crippen molar-refractivity contribution < 1.29 is 0 Å². The van der Waals surface area contributed by atoms with Crippen LogP contribution in [0.5, 0.6) is 0 Å². The van der Waals surface area contributed by atoms with Crippen molar-refractivity contribution in [2.45, 2.75) is 44.3 Å². The normalized spacial score (nSPS) is 29.9. The van der Waals surface area contributed by atoms with Gasteiger partial charge < -0.3 is 5.32 Å². The Hall–Kier alpha value is -0.860. The maximum Gasteiger partial charge on any atom is 0.0253 e. The monoisotopic (exact) mass is 230 g/mol. The molecule has 1 unspecified atom stereocenters. The Balaban J connectivity index is 1.69. The lowest BCUT2D eigenvalue weighted by Crippen LogP contribution is -2.58. The van der Waals surface area contributed by atoms with Crippen LogP contribution in [-0.2, 0) is 6.54 Å². The van der Waals surface area contributed by atoms with Gasteiger partial charge in [-0.25, -0.2) is 0 Å². The van der Waals surface area contributed by atoms with Gasteiger partial charge in [-0.3, -0.25) is 4.90 Å². The molecule has 3 rings (SSSR count). The highest BCUT2D eigenvalue weighted by Gasteiger charge is 2.32. The third-order valence-corrected chi connectivity index (χ3v) is 4.23. The van der Waals surface area contributed by atoms with Crippen LogP contribution in [0.1, 0.15) is 31.2 Å². The first kappa shape index (κ1) is 11.2. The Kier molecular flexibility index (Phi) is 3.44. The summed E-state index contributed by atoms with van der Waals surface area (Å²) in [5.41, 5.74) is 1.46. The van der Waals surface area contributed by atoms with Crippen molar-refractivity contribution in [3.05, 3.63) is 35.9 Å². The van der Waals surface area contributed by atoms with Crippen molar-refractivity contribution >= 4 is 0 Å². The molecule has 1 aromatic rings. The van der Waals surface area contributed by atoms with Crippen LogP contribution in [0.3, 0.4) is 0 Å². The molecule has 1 heterocycles. The molecule has 2 nitrogen and oxygen atoms in total. The molecule has 1 N–H and O–H groups in total. The Labute approximate surface area is 104 Å². The van der Waals surface area contributed by atoms with Crippen LogP contribution in [0.25, 0.3) is 0 Å². The van der Waals surface area contributed by atoms with Gasteiger partial charge in [0.05, 0.1) is 0 Å². The number of hydrogen-bond acceptors (Lipinski definition) is 2. The molecular weight excluding hydrogens is 208 g/mol. The summed E-state index contributed by atoms with van der Waals surface area (Å²) in [4.78, 5) is 2.69. The lowest BCUT2D eigenvalue weighted by molar-refractivity contribution is 0.0815. The smallest absolute Gasteiger partial charge is 0.0253 e. The second kappa shape index (κ2) is 5.19. The molecule has 1 aliphatic carbocycles. The van der Waals surface area contributed by atoms with E-state index in [-0.39, 0.29) is 0 Å². The van der Waals surface area contributed by atoms with Crippen LogP contribution in [0.15, 0.2) is 30.3 Å². The Bertz CT molecular complexity index is 347. The summed E-state index contributed by atoms with van der Waals surface area (Å²) in [6.45, 7) is 3.49. The Morgan fingerprint density at radius 2 is 1.94 bits per heavy atom. The van der Waals surface area contributed by atoms with Gasteiger partial charge in [0.15, 0.2) is 0 Å². The standard InChI is InChI=1S/C15H22N2/c1-2-6-13(7-3-1)12-17-11-10-16-14-8-4-5-9-15(14)17/h1-3,6-7,14-16H,4-5,8-12H2/t14-,15?/m1/s1. The molecule has 0 spiro atoms. The van der Waals surface area contributed by atoms with E-state index in [0.717, 1.165) is 25.2 Å². The number of nitrogens with zero attached hydrogens (tertiary/aromatic N) is 1. The fourth-order valence-corrected chi connectivity index (χ4v) is 3.36. The molecule has 0 aromatic heterocycles. The fraction of sp³-hybridized carbons (Fsp3) is 0.600. The van der Waals surface area contributed by atoms with E-state index in [2.05, 4.69) is 40.5 Å². The average molecular weight is 230 g/mol. The van der Waals surface area contributed by atoms with Gasteiger partial charge in [0.1, 0.15) is 0 Å². The van der Waals surface area contributed by atoms with E-state index in [0.29, 0.717) is 0 Å². The zero-order valence-electron chi connectivity index (χ0n) is 10.4. The van der Waals surface area contributed by atoms with E-state index in [1.165, 1.54) is 37.8 Å². The zero-order chi connectivity index (χ0) is 11.5. The number of nitrogens with one attached hydrogen (secondary N) is 1.